The SMILES string of the molecule is CC(=O)CC=Nc1cccc(N=C(C)c2ccccc2O)c1. The Balaban J connectivity index is 2.23. The van der Waals surface area contributed by atoms with E-state index in [-0.39, 0.29) is 11.5 Å². The molecule has 0 atom stereocenters. The van der Waals surface area contributed by atoms with Crippen LogP contribution in [0.1, 0.15) is 25.8 Å². The zero-order valence-electron chi connectivity index (χ0n) is 12.7. The van der Waals surface area contributed by atoms with Gasteiger partial charge in [-0.1, -0.05) is 18.2 Å². The van der Waals surface area contributed by atoms with Crippen LogP contribution in [0.4, 0.5) is 11.4 Å². The van der Waals surface area contributed by atoms with Crippen LogP contribution in [0.5, 0.6) is 5.75 Å². The van der Waals surface area contributed by atoms with E-state index in [9.17, 15) is 9.90 Å². The number of phenols is 1. The van der Waals surface area contributed by atoms with Gasteiger partial charge in [-0.05, 0) is 44.2 Å². The Labute approximate surface area is 129 Å². The molecule has 22 heavy (non-hydrogen) atoms. The third-order valence-corrected chi connectivity index (χ3v) is 3.04. The lowest BCUT2D eigenvalue weighted by molar-refractivity contribution is -0.115. The Morgan fingerprint density at radius 3 is 2.55 bits per heavy atom. The number of hydrogen-bond donors (Lipinski definition) is 1. The van der Waals surface area contributed by atoms with E-state index in [4.69, 9.17) is 0 Å². The molecular formula is C18H18N2O2. The summed E-state index contributed by atoms with van der Waals surface area (Å²) in [6, 6.07) is 14.5. The van der Waals surface area contributed by atoms with E-state index >= 15 is 0 Å². The van der Waals surface area contributed by atoms with E-state index in [0.29, 0.717) is 12.0 Å². The molecule has 0 aliphatic carbocycles. The summed E-state index contributed by atoms with van der Waals surface area (Å²) in [5, 5.41) is 9.85. The molecule has 0 amide bonds. The van der Waals surface area contributed by atoms with Gasteiger partial charge in [0.15, 0.2) is 0 Å². The Kier molecular flexibility index (Phi) is 5.20. The van der Waals surface area contributed by atoms with Gasteiger partial charge in [0.25, 0.3) is 0 Å². The molecule has 2 rings (SSSR count). The van der Waals surface area contributed by atoms with Gasteiger partial charge >= 0.3 is 0 Å². The van der Waals surface area contributed by atoms with Crippen LogP contribution >= 0.6 is 0 Å². The van der Waals surface area contributed by atoms with Crippen molar-refractivity contribution in [3.05, 3.63) is 54.1 Å². The lowest BCUT2D eigenvalue weighted by atomic mass is 10.1. The predicted molar refractivity (Wildman–Crippen MR) is 89.9 cm³/mol. The van der Waals surface area contributed by atoms with Crippen molar-refractivity contribution in [3.8, 4) is 5.75 Å². The third-order valence-electron chi connectivity index (χ3n) is 3.04. The fraction of sp³-hybridized carbons (Fsp3) is 0.167. The number of phenolic OH excluding ortho intramolecular Hbond substituents is 1. The average Bonchev–Trinajstić information content (AvgIpc) is 2.47. The molecular weight excluding hydrogens is 276 g/mol. The van der Waals surface area contributed by atoms with Crippen LogP contribution in [0.3, 0.4) is 0 Å². The molecule has 0 bridgehead atoms. The van der Waals surface area contributed by atoms with Crippen LogP contribution in [0.2, 0.25) is 0 Å². The minimum Gasteiger partial charge on any atom is -0.507 e. The average molecular weight is 294 g/mol. The van der Waals surface area contributed by atoms with Crippen molar-refractivity contribution in [1.29, 1.82) is 0 Å². The van der Waals surface area contributed by atoms with Crippen molar-refractivity contribution in [2.45, 2.75) is 20.3 Å². The molecule has 0 spiro atoms. The smallest absolute Gasteiger partial charge is 0.135 e. The zero-order valence-corrected chi connectivity index (χ0v) is 12.7. The number of aromatic hydroxyl groups is 1. The molecule has 0 saturated heterocycles. The standard InChI is InChI=1S/C18H18N2O2/c1-13(21)10-11-19-15-6-5-7-16(12-15)20-14(2)17-8-3-4-9-18(17)22/h3-9,11-12,22H,10H2,1-2H3. The number of rotatable bonds is 5. The first-order valence-electron chi connectivity index (χ1n) is 7.02. The number of aliphatic imine (C=N–C) groups is 2. The van der Waals surface area contributed by atoms with Gasteiger partial charge in [-0.25, -0.2) is 0 Å². The minimum absolute atomic E-state index is 0.0772. The largest absolute Gasteiger partial charge is 0.507 e. The minimum atomic E-state index is 0.0772. The Hall–Kier alpha value is -2.75. The summed E-state index contributed by atoms with van der Waals surface area (Å²) in [5.74, 6) is 0.285. The van der Waals surface area contributed by atoms with Crippen LogP contribution in [0.15, 0.2) is 58.5 Å². The lowest BCUT2D eigenvalue weighted by Crippen LogP contribution is -1.94. The molecule has 0 heterocycles. The van der Waals surface area contributed by atoms with E-state index in [1.165, 1.54) is 6.92 Å². The van der Waals surface area contributed by atoms with Crippen molar-refractivity contribution in [1.82, 2.24) is 0 Å². The third kappa shape index (κ3) is 4.38. The Bertz CT molecular complexity index is 733. The topological polar surface area (TPSA) is 62.0 Å². The summed E-state index contributed by atoms with van der Waals surface area (Å²) in [6.07, 6.45) is 1.92. The molecule has 1 N–H and O–H groups in total. The monoisotopic (exact) mass is 294 g/mol. The number of nitrogens with zero attached hydrogens (tertiary/aromatic N) is 2. The molecule has 4 nitrogen and oxygen atoms in total. The second-order valence-corrected chi connectivity index (χ2v) is 4.95. The van der Waals surface area contributed by atoms with Crippen LogP contribution < -0.4 is 0 Å². The Morgan fingerprint density at radius 2 is 1.82 bits per heavy atom. The summed E-state index contributed by atoms with van der Waals surface area (Å²) in [7, 11) is 0. The van der Waals surface area contributed by atoms with Gasteiger partial charge in [0.1, 0.15) is 11.5 Å². The predicted octanol–water partition coefficient (Wildman–Crippen LogP) is 4.21. The molecule has 0 fully saturated rings. The lowest BCUT2D eigenvalue weighted by Gasteiger charge is -2.04. The molecule has 2 aromatic carbocycles. The first-order chi connectivity index (χ1) is 10.6. The number of para-hydroxylation sites is 1. The number of carbonyl (C=O) groups excluding carboxylic acids is 1. The van der Waals surface area contributed by atoms with Crippen LogP contribution in [-0.4, -0.2) is 22.8 Å². The van der Waals surface area contributed by atoms with Crippen LogP contribution in [0.25, 0.3) is 0 Å². The highest BCUT2D eigenvalue weighted by Crippen LogP contribution is 2.23. The zero-order chi connectivity index (χ0) is 15.9. The molecule has 2 aromatic rings. The normalized spacial score (nSPS) is 11.8. The van der Waals surface area contributed by atoms with E-state index < -0.39 is 0 Å². The number of carbonyl (C=O) groups is 1. The highest BCUT2D eigenvalue weighted by molar-refractivity contribution is 6.02. The van der Waals surface area contributed by atoms with Gasteiger partial charge in [0, 0.05) is 23.9 Å². The van der Waals surface area contributed by atoms with E-state index in [1.54, 1.807) is 18.3 Å². The summed E-state index contributed by atoms with van der Waals surface area (Å²) < 4.78 is 0. The maximum atomic E-state index is 10.9. The van der Waals surface area contributed by atoms with Crippen molar-refractivity contribution in [3.63, 3.8) is 0 Å². The van der Waals surface area contributed by atoms with Gasteiger partial charge in [-0.15, -0.1) is 0 Å². The van der Waals surface area contributed by atoms with Gasteiger partial charge < -0.3 is 5.11 Å². The maximum Gasteiger partial charge on any atom is 0.135 e. The molecule has 0 aromatic heterocycles. The van der Waals surface area contributed by atoms with Crippen molar-refractivity contribution >= 4 is 29.1 Å². The number of benzene rings is 2. The molecule has 0 aliphatic heterocycles. The van der Waals surface area contributed by atoms with E-state index in [1.807, 2.05) is 43.3 Å². The van der Waals surface area contributed by atoms with Crippen molar-refractivity contribution < 1.29 is 9.90 Å². The number of Topliss-reactive ketones (excluding diaryl/α,β-unsaturated/α-hetero) is 1. The second-order valence-electron chi connectivity index (χ2n) is 4.95. The van der Waals surface area contributed by atoms with E-state index in [0.717, 1.165) is 17.1 Å². The quantitative estimate of drug-likeness (QED) is 0.839. The highest BCUT2D eigenvalue weighted by Gasteiger charge is 2.03. The molecule has 0 radical (unpaired) electrons. The van der Waals surface area contributed by atoms with Gasteiger partial charge in [-0.3, -0.25) is 14.8 Å². The molecule has 112 valence electrons. The number of ketones is 1. The van der Waals surface area contributed by atoms with Crippen molar-refractivity contribution in [2.24, 2.45) is 9.98 Å². The van der Waals surface area contributed by atoms with Gasteiger partial charge in [-0.2, -0.15) is 0 Å². The van der Waals surface area contributed by atoms with Gasteiger partial charge in [0.2, 0.25) is 0 Å². The van der Waals surface area contributed by atoms with Crippen LogP contribution in [0, 0.1) is 0 Å². The molecule has 4 heteroatoms. The first-order valence-corrected chi connectivity index (χ1v) is 7.02. The fourth-order valence-electron chi connectivity index (χ4n) is 1.96. The molecule has 0 aliphatic rings. The van der Waals surface area contributed by atoms with E-state index in [2.05, 4.69) is 9.98 Å². The fourth-order valence-corrected chi connectivity index (χ4v) is 1.96. The second kappa shape index (κ2) is 7.31. The van der Waals surface area contributed by atoms with Gasteiger partial charge in [0.05, 0.1) is 11.4 Å². The summed E-state index contributed by atoms with van der Waals surface area (Å²) >= 11 is 0. The summed E-state index contributed by atoms with van der Waals surface area (Å²) in [4.78, 5) is 19.6. The number of hydrogen-bond acceptors (Lipinski definition) is 4. The van der Waals surface area contributed by atoms with Crippen molar-refractivity contribution in [2.75, 3.05) is 0 Å². The first kappa shape index (κ1) is 15.6. The summed E-state index contributed by atoms with van der Waals surface area (Å²) in [6.45, 7) is 3.38. The molecule has 0 unspecified atom stereocenters. The highest BCUT2D eigenvalue weighted by atomic mass is 16.3. The van der Waals surface area contributed by atoms with Crippen LogP contribution in [-0.2, 0) is 4.79 Å². The molecule has 0 saturated carbocycles. The summed E-state index contributed by atoms with van der Waals surface area (Å²) in [5.41, 5.74) is 2.92. The maximum absolute atomic E-state index is 10.9. The Morgan fingerprint density at radius 1 is 1.09 bits per heavy atom.